The number of nitrogens with zero attached hydrogens (tertiary/aromatic N) is 3. The number of thiophene rings is 1. The molecule has 1 aliphatic heterocycles. The van der Waals surface area contributed by atoms with E-state index in [0.717, 1.165) is 56.4 Å². The zero-order valence-corrected chi connectivity index (χ0v) is 22.4. The van der Waals surface area contributed by atoms with Gasteiger partial charge in [-0.2, -0.15) is 0 Å². The zero-order chi connectivity index (χ0) is 24.5. The lowest BCUT2D eigenvalue weighted by molar-refractivity contribution is 0.0702. The van der Waals surface area contributed by atoms with Gasteiger partial charge in [0.25, 0.3) is 0 Å². The molecule has 1 fully saturated rings. The molecule has 35 heavy (non-hydrogen) atoms. The Hall–Kier alpha value is -1.86. The highest BCUT2D eigenvalue weighted by Gasteiger charge is 2.31. The molecule has 0 bridgehead atoms. The molecule has 0 amide bonds. The fraction of sp³-hybridized carbons (Fsp3) is 0.536. The number of carbonyl (C=O) groups is 1. The fourth-order valence-corrected chi connectivity index (χ4v) is 7.36. The van der Waals surface area contributed by atoms with Crippen LogP contribution in [0.1, 0.15) is 72.7 Å². The van der Waals surface area contributed by atoms with Crippen LogP contribution in [0.4, 0.5) is 0 Å². The van der Waals surface area contributed by atoms with Gasteiger partial charge in [0.2, 0.25) is 0 Å². The first-order valence-corrected chi connectivity index (χ1v) is 14.3. The van der Waals surface area contributed by atoms with Crippen molar-refractivity contribution in [1.29, 1.82) is 0 Å². The van der Waals surface area contributed by atoms with Crippen molar-refractivity contribution in [1.82, 2.24) is 14.4 Å². The Bertz CT molecular complexity index is 1210. The molecule has 0 spiro atoms. The number of carboxylic acids is 1. The zero-order valence-electron chi connectivity index (χ0n) is 20.9. The summed E-state index contributed by atoms with van der Waals surface area (Å²) < 4.78 is 3.61. The maximum Gasteiger partial charge on any atom is 0.345 e. The molecule has 0 saturated heterocycles. The predicted molar refractivity (Wildman–Crippen MR) is 146 cm³/mol. The quantitative estimate of drug-likeness (QED) is 0.372. The van der Waals surface area contributed by atoms with Crippen molar-refractivity contribution in [2.45, 2.75) is 65.0 Å². The van der Waals surface area contributed by atoms with E-state index in [1.165, 1.54) is 70.5 Å². The maximum atomic E-state index is 11.9. The Kier molecular flexibility index (Phi) is 7.54. The number of aromatic carboxylic acids is 1. The molecule has 1 aromatic carbocycles. The van der Waals surface area contributed by atoms with Gasteiger partial charge in [0.15, 0.2) is 0 Å². The van der Waals surface area contributed by atoms with Gasteiger partial charge in [-0.05, 0) is 61.2 Å². The van der Waals surface area contributed by atoms with E-state index < -0.39 is 5.97 Å². The average molecular weight is 514 g/mol. The van der Waals surface area contributed by atoms with Crippen LogP contribution in [0.15, 0.2) is 24.3 Å². The maximum absolute atomic E-state index is 11.9. The molecule has 0 radical (unpaired) electrons. The van der Waals surface area contributed by atoms with Crippen LogP contribution in [0.25, 0.3) is 21.5 Å². The standard InChI is InChI=1S/C28H36ClN3O2S/c1-3-30(4-2)12-13-31-14-15-32-23-17-24(28(33)34)35-27(23)25(19-8-6-5-7-9-19)26(32)22-11-10-21(29)16-20(22)18-31/h10-11,16-17,19H,3-9,12-15,18H2,1-2H3,(H,33,34). The first-order chi connectivity index (χ1) is 17.0. The molecule has 7 heteroatoms. The van der Waals surface area contributed by atoms with Crippen molar-refractivity contribution >= 4 is 39.1 Å². The summed E-state index contributed by atoms with van der Waals surface area (Å²) in [5, 5.41) is 10.6. The molecule has 3 aromatic rings. The molecule has 5 rings (SSSR count). The number of aromatic nitrogens is 1. The number of likely N-dealkylation sites (N-methyl/N-ethyl adjacent to an activating group) is 1. The van der Waals surface area contributed by atoms with Crippen molar-refractivity contribution in [2.75, 3.05) is 32.7 Å². The van der Waals surface area contributed by atoms with Crippen LogP contribution in [0.5, 0.6) is 0 Å². The van der Waals surface area contributed by atoms with Crippen molar-refractivity contribution in [3.8, 4) is 11.3 Å². The molecule has 1 N–H and O–H groups in total. The Labute approximate surface area is 217 Å². The molecule has 2 aromatic heterocycles. The van der Waals surface area contributed by atoms with E-state index in [1.807, 2.05) is 12.1 Å². The number of carboxylic acid groups (broad SMARTS) is 1. The minimum Gasteiger partial charge on any atom is -0.477 e. The number of rotatable bonds is 7. The van der Waals surface area contributed by atoms with E-state index >= 15 is 0 Å². The first kappa shape index (κ1) is 24.8. The Balaban J connectivity index is 1.64. The molecule has 2 aliphatic rings. The second-order valence-electron chi connectivity index (χ2n) is 9.98. The van der Waals surface area contributed by atoms with E-state index in [1.54, 1.807) is 0 Å². The van der Waals surface area contributed by atoms with Gasteiger partial charge in [0, 0.05) is 43.3 Å². The summed E-state index contributed by atoms with van der Waals surface area (Å²) in [5.74, 6) is -0.335. The topological polar surface area (TPSA) is 48.7 Å². The van der Waals surface area contributed by atoms with Gasteiger partial charge >= 0.3 is 5.97 Å². The van der Waals surface area contributed by atoms with Crippen LogP contribution < -0.4 is 0 Å². The van der Waals surface area contributed by atoms with Gasteiger partial charge in [0.1, 0.15) is 4.88 Å². The van der Waals surface area contributed by atoms with Crippen LogP contribution in [0.2, 0.25) is 5.02 Å². The van der Waals surface area contributed by atoms with E-state index in [9.17, 15) is 9.90 Å². The normalized spacial score (nSPS) is 17.4. The number of fused-ring (bicyclic) bond motifs is 5. The van der Waals surface area contributed by atoms with Gasteiger partial charge < -0.3 is 14.6 Å². The Morgan fingerprint density at radius 1 is 1.14 bits per heavy atom. The highest BCUT2D eigenvalue weighted by molar-refractivity contribution is 7.21. The number of hydrogen-bond donors (Lipinski definition) is 1. The number of halogens is 1. The molecule has 1 aliphatic carbocycles. The lowest BCUT2D eigenvalue weighted by Crippen LogP contribution is -2.37. The summed E-state index contributed by atoms with van der Waals surface area (Å²) in [6.07, 6.45) is 6.17. The molecule has 0 atom stereocenters. The monoisotopic (exact) mass is 513 g/mol. The summed E-state index contributed by atoms with van der Waals surface area (Å²) >= 11 is 7.99. The Morgan fingerprint density at radius 3 is 2.63 bits per heavy atom. The third-order valence-electron chi connectivity index (χ3n) is 7.98. The second-order valence-corrected chi connectivity index (χ2v) is 11.5. The molecular weight excluding hydrogens is 478 g/mol. The van der Waals surface area contributed by atoms with Crippen molar-refractivity contribution in [3.05, 3.63) is 45.3 Å². The molecule has 0 unspecified atom stereocenters. The van der Waals surface area contributed by atoms with Gasteiger partial charge in [-0.25, -0.2) is 4.79 Å². The van der Waals surface area contributed by atoms with Gasteiger partial charge in [-0.15, -0.1) is 11.3 Å². The summed E-state index contributed by atoms with van der Waals surface area (Å²) in [7, 11) is 0. The molecular formula is C28H36ClN3O2S. The van der Waals surface area contributed by atoms with Crippen molar-refractivity contribution in [2.24, 2.45) is 0 Å². The molecule has 5 nitrogen and oxygen atoms in total. The third-order valence-corrected chi connectivity index (χ3v) is 9.36. The Morgan fingerprint density at radius 2 is 1.91 bits per heavy atom. The SMILES string of the molecule is CCN(CC)CCN1CCn2c(c(C3CCCCC3)c3sc(C(=O)O)cc32)-c2ccc(Cl)cc2C1. The summed E-state index contributed by atoms with van der Waals surface area (Å²) in [6.45, 7) is 11.3. The minimum atomic E-state index is -0.825. The van der Waals surface area contributed by atoms with E-state index in [2.05, 4.69) is 40.3 Å². The van der Waals surface area contributed by atoms with Gasteiger partial charge in [0.05, 0.1) is 15.9 Å². The van der Waals surface area contributed by atoms with Crippen molar-refractivity contribution in [3.63, 3.8) is 0 Å². The largest absolute Gasteiger partial charge is 0.477 e. The van der Waals surface area contributed by atoms with Crippen LogP contribution in [0.3, 0.4) is 0 Å². The van der Waals surface area contributed by atoms with E-state index in [-0.39, 0.29) is 0 Å². The van der Waals surface area contributed by atoms with Crippen LogP contribution in [-0.2, 0) is 13.1 Å². The highest BCUT2D eigenvalue weighted by atomic mass is 35.5. The number of hydrogen-bond acceptors (Lipinski definition) is 4. The summed E-state index contributed by atoms with van der Waals surface area (Å²) in [4.78, 5) is 17.4. The van der Waals surface area contributed by atoms with E-state index in [0.29, 0.717) is 10.8 Å². The summed E-state index contributed by atoms with van der Waals surface area (Å²) in [5.41, 5.74) is 6.33. The lowest BCUT2D eigenvalue weighted by Gasteiger charge is -2.31. The van der Waals surface area contributed by atoms with Crippen LogP contribution in [0, 0.1) is 0 Å². The first-order valence-electron chi connectivity index (χ1n) is 13.1. The minimum absolute atomic E-state index is 0.444. The average Bonchev–Trinajstić information content (AvgIpc) is 3.40. The molecule has 3 heterocycles. The van der Waals surface area contributed by atoms with E-state index in [4.69, 9.17) is 11.6 Å². The smallest absolute Gasteiger partial charge is 0.345 e. The fourth-order valence-electron chi connectivity index (χ4n) is 6.05. The van der Waals surface area contributed by atoms with Crippen LogP contribution in [-0.4, -0.2) is 58.2 Å². The highest BCUT2D eigenvalue weighted by Crippen LogP contribution is 2.48. The lowest BCUT2D eigenvalue weighted by atomic mass is 9.82. The number of benzene rings is 1. The second kappa shape index (κ2) is 10.6. The summed E-state index contributed by atoms with van der Waals surface area (Å²) in [6, 6.07) is 8.27. The van der Waals surface area contributed by atoms with Gasteiger partial charge in [-0.3, -0.25) is 4.90 Å². The molecule has 188 valence electrons. The van der Waals surface area contributed by atoms with Gasteiger partial charge in [-0.1, -0.05) is 50.8 Å². The predicted octanol–water partition coefficient (Wildman–Crippen LogP) is 6.93. The third kappa shape index (κ3) is 4.91. The molecule has 1 saturated carbocycles. The van der Waals surface area contributed by atoms with Crippen LogP contribution >= 0.6 is 22.9 Å². The van der Waals surface area contributed by atoms with Crippen molar-refractivity contribution < 1.29 is 9.90 Å².